The van der Waals surface area contributed by atoms with Crippen LogP contribution in [0.2, 0.25) is 0 Å². The second kappa shape index (κ2) is 6.17. The van der Waals surface area contributed by atoms with Crippen LogP contribution in [0.25, 0.3) is 5.69 Å². The normalized spacial score (nSPS) is 20.8. The average Bonchev–Trinajstić information content (AvgIpc) is 2.91. The van der Waals surface area contributed by atoms with Crippen LogP contribution in [0.5, 0.6) is 0 Å². The minimum atomic E-state index is -0.396. The molecule has 2 heterocycles. The van der Waals surface area contributed by atoms with Gasteiger partial charge in [0.25, 0.3) is 0 Å². The third kappa shape index (κ3) is 3.25. The standard InChI is InChI=1S/C15H19N3O2/c19-15-11-17(7-8-20-12-15)10-13-3-1-4-14(9-13)18-6-2-5-16-18/h1-6,9,15,19H,7-8,10-12H2/t15-/m0/s1. The quantitative estimate of drug-likeness (QED) is 0.908. The van der Waals surface area contributed by atoms with Gasteiger partial charge in [0.1, 0.15) is 0 Å². The fourth-order valence-electron chi connectivity index (χ4n) is 2.48. The van der Waals surface area contributed by atoms with Crippen molar-refractivity contribution < 1.29 is 9.84 Å². The van der Waals surface area contributed by atoms with Gasteiger partial charge in [0, 0.05) is 32.0 Å². The second-order valence-electron chi connectivity index (χ2n) is 5.08. The summed E-state index contributed by atoms with van der Waals surface area (Å²) in [6.07, 6.45) is 3.31. The minimum Gasteiger partial charge on any atom is -0.389 e. The molecule has 0 spiro atoms. The molecule has 1 fully saturated rings. The summed E-state index contributed by atoms with van der Waals surface area (Å²) in [4.78, 5) is 2.22. The van der Waals surface area contributed by atoms with Gasteiger partial charge in [-0.2, -0.15) is 5.10 Å². The number of rotatable bonds is 3. The molecule has 1 N–H and O–H groups in total. The monoisotopic (exact) mass is 273 g/mol. The molecule has 1 aromatic carbocycles. The molecule has 1 aliphatic heterocycles. The van der Waals surface area contributed by atoms with Gasteiger partial charge in [0.2, 0.25) is 0 Å². The van der Waals surface area contributed by atoms with Crippen LogP contribution in [-0.4, -0.2) is 52.2 Å². The number of hydrogen-bond donors (Lipinski definition) is 1. The number of aliphatic hydroxyl groups excluding tert-OH is 1. The Hall–Kier alpha value is -1.69. The molecular weight excluding hydrogens is 254 g/mol. The van der Waals surface area contributed by atoms with Gasteiger partial charge in [-0.25, -0.2) is 4.68 Å². The van der Waals surface area contributed by atoms with Crippen molar-refractivity contribution in [2.45, 2.75) is 12.6 Å². The van der Waals surface area contributed by atoms with E-state index in [2.05, 4.69) is 22.1 Å². The van der Waals surface area contributed by atoms with Crippen LogP contribution in [0, 0.1) is 0 Å². The molecule has 0 amide bonds. The summed E-state index contributed by atoms with van der Waals surface area (Å²) >= 11 is 0. The molecule has 1 aromatic heterocycles. The van der Waals surface area contributed by atoms with Crippen molar-refractivity contribution >= 4 is 0 Å². The molecule has 106 valence electrons. The second-order valence-corrected chi connectivity index (χ2v) is 5.08. The highest BCUT2D eigenvalue weighted by Crippen LogP contribution is 2.13. The molecule has 1 atom stereocenters. The van der Waals surface area contributed by atoms with Gasteiger partial charge in [0.05, 0.1) is 25.0 Å². The SMILES string of the molecule is O[C@@H]1COCCN(Cc2cccc(-n3cccn3)c2)C1. The minimum absolute atomic E-state index is 0.396. The summed E-state index contributed by atoms with van der Waals surface area (Å²) in [5.41, 5.74) is 2.27. The zero-order chi connectivity index (χ0) is 13.8. The van der Waals surface area contributed by atoms with E-state index in [9.17, 15) is 5.11 Å². The Bertz CT molecular complexity index is 542. The molecule has 2 aromatic rings. The highest BCUT2D eigenvalue weighted by molar-refractivity contribution is 5.35. The molecule has 0 saturated carbocycles. The molecule has 1 aliphatic rings. The van der Waals surface area contributed by atoms with Crippen molar-refractivity contribution in [3.63, 3.8) is 0 Å². The van der Waals surface area contributed by atoms with E-state index in [1.807, 2.05) is 29.1 Å². The highest BCUT2D eigenvalue weighted by Gasteiger charge is 2.16. The van der Waals surface area contributed by atoms with Crippen LogP contribution < -0.4 is 0 Å². The predicted molar refractivity (Wildman–Crippen MR) is 75.7 cm³/mol. The van der Waals surface area contributed by atoms with Gasteiger partial charge in [-0.05, 0) is 23.8 Å². The van der Waals surface area contributed by atoms with Crippen LogP contribution >= 0.6 is 0 Å². The molecule has 5 nitrogen and oxygen atoms in total. The van der Waals surface area contributed by atoms with Crippen molar-refractivity contribution in [2.75, 3.05) is 26.3 Å². The predicted octanol–water partition coefficient (Wildman–Crippen LogP) is 1.07. The largest absolute Gasteiger partial charge is 0.389 e. The first kappa shape index (κ1) is 13.3. The Morgan fingerprint density at radius 2 is 2.30 bits per heavy atom. The number of aliphatic hydroxyl groups is 1. The number of benzene rings is 1. The first-order valence-corrected chi connectivity index (χ1v) is 6.88. The van der Waals surface area contributed by atoms with Gasteiger partial charge < -0.3 is 9.84 Å². The van der Waals surface area contributed by atoms with E-state index in [0.29, 0.717) is 19.8 Å². The van der Waals surface area contributed by atoms with Crippen LogP contribution in [-0.2, 0) is 11.3 Å². The summed E-state index contributed by atoms with van der Waals surface area (Å²) in [7, 11) is 0. The molecule has 3 rings (SSSR count). The maximum atomic E-state index is 9.76. The summed E-state index contributed by atoms with van der Waals surface area (Å²) < 4.78 is 7.20. The van der Waals surface area contributed by atoms with Crippen molar-refractivity contribution in [3.05, 3.63) is 48.3 Å². The Morgan fingerprint density at radius 1 is 1.35 bits per heavy atom. The molecule has 0 bridgehead atoms. The molecule has 0 unspecified atom stereocenters. The van der Waals surface area contributed by atoms with Crippen LogP contribution in [0.4, 0.5) is 0 Å². The number of ether oxygens (including phenoxy) is 1. The Kier molecular flexibility index (Phi) is 4.11. The van der Waals surface area contributed by atoms with Gasteiger partial charge in [-0.1, -0.05) is 12.1 Å². The van der Waals surface area contributed by atoms with E-state index in [4.69, 9.17) is 4.74 Å². The highest BCUT2D eigenvalue weighted by atomic mass is 16.5. The number of aromatic nitrogens is 2. The fourth-order valence-corrected chi connectivity index (χ4v) is 2.48. The lowest BCUT2D eigenvalue weighted by Crippen LogP contribution is -2.32. The van der Waals surface area contributed by atoms with Crippen LogP contribution in [0.15, 0.2) is 42.7 Å². The van der Waals surface area contributed by atoms with Gasteiger partial charge in [-0.3, -0.25) is 4.90 Å². The van der Waals surface area contributed by atoms with Crippen LogP contribution in [0.1, 0.15) is 5.56 Å². The zero-order valence-electron chi connectivity index (χ0n) is 11.4. The van der Waals surface area contributed by atoms with Crippen molar-refractivity contribution in [1.82, 2.24) is 14.7 Å². The summed E-state index contributed by atoms with van der Waals surface area (Å²) in [5, 5.41) is 14.0. The van der Waals surface area contributed by atoms with Crippen LogP contribution in [0.3, 0.4) is 0 Å². The van der Waals surface area contributed by atoms with E-state index >= 15 is 0 Å². The van der Waals surface area contributed by atoms with Gasteiger partial charge in [0.15, 0.2) is 0 Å². The molecule has 0 radical (unpaired) electrons. The van der Waals surface area contributed by atoms with Gasteiger partial charge in [-0.15, -0.1) is 0 Å². The maximum absolute atomic E-state index is 9.76. The topological polar surface area (TPSA) is 50.5 Å². The summed E-state index contributed by atoms with van der Waals surface area (Å²) in [5.74, 6) is 0. The van der Waals surface area contributed by atoms with E-state index in [1.54, 1.807) is 6.20 Å². The number of β-amino-alcohol motifs (C(OH)–C–C–N with tert-alkyl or cyclic N) is 1. The van der Waals surface area contributed by atoms with Crippen molar-refractivity contribution in [3.8, 4) is 5.69 Å². The lowest BCUT2D eigenvalue weighted by atomic mass is 10.2. The lowest BCUT2D eigenvalue weighted by molar-refractivity contribution is 0.0562. The third-order valence-electron chi connectivity index (χ3n) is 3.42. The first-order valence-electron chi connectivity index (χ1n) is 6.88. The van der Waals surface area contributed by atoms with Crippen molar-refractivity contribution in [2.24, 2.45) is 0 Å². The van der Waals surface area contributed by atoms with E-state index in [-0.39, 0.29) is 0 Å². The first-order chi connectivity index (χ1) is 9.81. The fraction of sp³-hybridized carbons (Fsp3) is 0.400. The molecule has 0 aliphatic carbocycles. The van der Waals surface area contributed by atoms with Gasteiger partial charge >= 0.3 is 0 Å². The molecular formula is C15H19N3O2. The smallest absolute Gasteiger partial charge is 0.0900 e. The van der Waals surface area contributed by atoms with Crippen molar-refractivity contribution in [1.29, 1.82) is 0 Å². The van der Waals surface area contributed by atoms with E-state index in [0.717, 1.165) is 18.8 Å². The molecule has 20 heavy (non-hydrogen) atoms. The van der Waals surface area contributed by atoms with E-state index < -0.39 is 6.10 Å². The average molecular weight is 273 g/mol. The third-order valence-corrected chi connectivity index (χ3v) is 3.42. The summed E-state index contributed by atoms with van der Waals surface area (Å²) in [6, 6.07) is 10.2. The Balaban J connectivity index is 1.72. The molecule has 1 saturated heterocycles. The number of nitrogens with zero attached hydrogens (tertiary/aromatic N) is 3. The maximum Gasteiger partial charge on any atom is 0.0900 e. The Labute approximate surface area is 118 Å². The molecule has 5 heteroatoms. The van der Waals surface area contributed by atoms with E-state index in [1.165, 1.54) is 5.56 Å². The lowest BCUT2D eigenvalue weighted by Gasteiger charge is -2.21. The summed E-state index contributed by atoms with van der Waals surface area (Å²) in [6.45, 7) is 3.43. The Morgan fingerprint density at radius 3 is 3.15 bits per heavy atom. The zero-order valence-corrected chi connectivity index (χ0v) is 11.4. The number of hydrogen-bond acceptors (Lipinski definition) is 4.